The monoisotopic (exact) mass is 317 g/mol. The summed E-state index contributed by atoms with van der Waals surface area (Å²) < 4.78 is 0. The minimum Gasteiger partial charge on any atom is -0.355 e. The second-order valence-corrected chi connectivity index (χ2v) is 7.90. The number of hydrogen-bond donors (Lipinski definition) is 1. The second kappa shape index (κ2) is 6.40. The first-order valence-corrected chi connectivity index (χ1v) is 8.24. The smallest absolute Gasteiger partial charge is 0.223 e. The van der Waals surface area contributed by atoms with E-state index in [1.165, 1.54) is 19.3 Å². The Hall–Kier alpha value is -0.0500. The number of carbonyl (C=O) groups is 1. The fourth-order valence-corrected chi connectivity index (χ4v) is 3.85. The van der Waals surface area contributed by atoms with Crippen LogP contribution < -0.4 is 5.32 Å². The molecule has 1 amide bonds. The maximum absolute atomic E-state index is 12.3. The quantitative estimate of drug-likeness (QED) is 0.759. The standard InChI is InChI=1S/C15H28BrNO/c1-14(2,9-10-16)11-17-13(18)12-7-5-6-8-15(12,3)4/h12H,5-11H2,1-4H3,(H,17,18). The first-order chi connectivity index (χ1) is 8.28. The zero-order chi connectivity index (χ0) is 13.8. The van der Waals surface area contributed by atoms with Crippen LogP contribution in [0, 0.1) is 16.7 Å². The Bertz CT molecular complexity index is 286. The largest absolute Gasteiger partial charge is 0.355 e. The lowest BCUT2D eigenvalue weighted by atomic mass is 9.68. The summed E-state index contributed by atoms with van der Waals surface area (Å²) in [6.45, 7) is 9.67. The Labute approximate surface area is 120 Å². The molecule has 1 aliphatic carbocycles. The fourth-order valence-electron chi connectivity index (χ4n) is 2.77. The van der Waals surface area contributed by atoms with Crippen molar-refractivity contribution < 1.29 is 4.79 Å². The molecule has 0 spiro atoms. The van der Waals surface area contributed by atoms with Crippen LogP contribution in [0.3, 0.4) is 0 Å². The summed E-state index contributed by atoms with van der Waals surface area (Å²) in [4.78, 5) is 12.3. The molecule has 0 saturated heterocycles. The lowest BCUT2D eigenvalue weighted by Gasteiger charge is -2.38. The molecule has 106 valence electrons. The van der Waals surface area contributed by atoms with Gasteiger partial charge in [-0.3, -0.25) is 4.79 Å². The van der Waals surface area contributed by atoms with Gasteiger partial charge in [0.1, 0.15) is 0 Å². The van der Waals surface area contributed by atoms with Crippen molar-refractivity contribution in [1.29, 1.82) is 0 Å². The van der Waals surface area contributed by atoms with Crippen LogP contribution in [-0.4, -0.2) is 17.8 Å². The van der Waals surface area contributed by atoms with Crippen LogP contribution in [-0.2, 0) is 4.79 Å². The van der Waals surface area contributed by atoms with Gasteiger partial charge in [0.2, 0.25) is 5.91 Å². The van der Waals surface area contributed by atoms with Gasteiger partial charge in [-0.25, -0.2) is 0 Å². The van der Waals surface area contributed by atoms with Crippen LogP contribution in [0.1, 0.15) is 59.8 Å². The van der Waals surface area contributed by atoms with E-state index in [9.17, 15) is 4.79 Å². The van der Waals surface area contributed by atoms with E-state index in [4.69, 9.17) is 0 Å². The minimum atomic E-state index is 0.169. The van der Waals surface area contributed by atoms with Crippen molar-refractivity contribution in [2.45, 2.75) is 59.8 Å². The summed E-state index contributed by atoms with van der Waals surface area (Å²) in [5.74, 6) is 0.466. The van der Waals surface area contributed by atoms with Crippen molar-refractivity contribution in [3.05, 3.63) is 0 Å². The van der Waals surface area contributed by atoms with E-state index >= 15 is 0 Å². The first kappa shape index (κ1) is 16.0. The molecule has 1 fully saturated rings. The van der Waals surface area contributed by atoms with Gasteiger partial charge in [0, 0.05) is 17.8 Å². The van der Waals surface area contributed by atoms with Gasteiger partial charge in [0.15, 0.2) is 0 Å². The lowest BCUT2D eigenvalue weighted by Crippen LogP contribution is -2.44. The number of alkyl halides is 1. The highest BCUT2D eigenvalue weighted by Gasteiger charge is 2.37. The highest BCUT2D eigenvalue weighted by molar-refractivity contribution is 9.09. The molecule has 0 aromatic carbocycles. The van der Waals surface area contributed by atoms with Gasteiger partial charge in [-0.15, -0.1) is 0 Å². The predicted octanol–water partition coefficient (Wildman–Crippen LogP) is 4.13. The average Bonchev–Trinajstić information content (AvgIpc) is 2.25. The molecule has 3 heteroatoms. The molecule has 0 bridgehead atoms. The number of carbonyl (C=O) groups excluding carboxylic acids is 1. The number of hydrogen-bond acceptors (Lipinski definition) is 1. The van der Waals surface area contributed by atoms with E-state index in [2.05, 4.69) is 48.9 Å². The molecule has 18 heavy (non-hydrogen) atoms. The van der Waals surface area contributed by atoms with Gasteiger partial charge in [0.25, 0.3) is 0 Å². The SMILES string of the molecule is CC(C)(CCBr)CNC(=O)C1CCCCC1(C)C. The molecule has 0 aliphatic heterocycles. The van der Waals surface area contributed by atoms with Gasteiger partial charge in [0.05, 0.1) is 0 Å². The molecule has 1 N–H and O–H groups in total. The summed E-state index contributed by atoms with van der Waals surface area (Å²) in [6, 6.07) is 0. The fraction of sp³-hybridized carbons (Fsp3) is 0.933. The normalized spacial score (nSPS) is 23.7. The maximum Gasteiger partial charge on any atom is 0.223 e. The van der Waals surface area contributed by atoms with E-state index in [1.54, 1.807) is 0 Å². The van der Waals surface area contributed by atoms with E-state index in [0.29, 0.717) is 0 Å². The Kier molecular flexibility index (Phi) is 5.69. The number of halogens is 1. The van der Waals surface area contributed by atoms with E-state index in [1.807, 2.05) is 0 Å². The molecular weight excluding hydrogens is 290 g/mol. The van der Waals surface area contributed by atoms with Crippen molar-refractivity contribution in [3.63, 3.8) is 0 Å². The molecule has 0 aromatic rings. The van der Waals surface area contributed by atoms with Gasteiger partial charge in [-0.05, 0) is 30.1 Å². The minimum absolute atomic E-state index is 0.169. The molecule has 2 nitrogen and oxygen atoms in total. The Balaban J connectivity index is 2.50. The summed E-state index contributed by atoms with van der Waals surface area (Å²) in [6.07, 6.45) is 5.78. The van der Waals surface area contributed by atoms with Gasteiger partial charge < -0.3 is 5.32 Å². The van der Waals surface area contributed by atoms with Crippen LogP contribution in [0.5, 0.6) is 0 Å². The molecule has 1 aliphatic rings. The zero-order valence-corrected chi connectivity index (χ0v) is 13.9. The first-order valence-electron chi connectivity index (χ1n) is 7.12. The van der Waals surface area contributed by atoms with Crippen molar-refractivity contribution in [3.8, 4) is 0 Å². The summed E-state index contributed by atoms with van der Waals surface area (Å²) in [5, 5.41) is 4.16. The summed E-state index contributed by atoms with van der Waals surface area (Å²) >= 11 is 3.47. The van der Waals surface area contributed by atoms with Crippen molar-refractivity contribution in [1.82, 2.24) is 5.32 Å². The third kappa shape index (κ3) is 4.56. The van der Waals surface area contributed by atoms with Crippen molar-refractivity contribution >= 4 is 21.8 Å². The van der Waals surface area contributed by atoms with Crippen molar-refractivity contribution in [2.24, 2.45) is 16.7 Å². The van der Waals surface area contributed by atoms with E-state index < -0.39 is 0 Å². The maximum atomic E-state index is 12.3. The average molecular weight is 318 g/mol. The lowest BCUT2D eigenvalue weighted by molar-refractivity contribution is -0.130. The van der Waals surface area contributed by atoms with Crippen LogP contribution in [0.2, 0.25) is 0 Å². The molecule has 0 radical (unpaired) electrons. The van der Waals surface area contributed by atoms with Gasteiger partial charge >= 0.3 is 0 Å². The third-order valence-electron chi connectivity index (χ3n) is 4.34. The third-order valence-corrected chi connectivity index (χ3v) is 4.73. The molecule has 1 rings (SSSR count). The highest BCUT2D eigenvalue weighted by atomic mass is 79.9. The molecule has 1 atom stereocenters. The molecule has 0 aromatic heterocycles. The second-order valence-electron chi connectivity index (χ2n) is 7.11. The van der Waals surface area contributed by atoms with Crippen molar-refractivity contribution in [2.75, 3.05) is 11.9 Å². The van der Waals surface area contributed by atoms with Crippen LogP contribution >= 0.6 is 15.9 Å². The number of rotatable bonds is 5. The van der Waals surface area contributed by atoms with Crippen LogP contribution in [0.4, 0.5) is 0 Å². The topological polar surface area (TPSA) is 29.1 Å². The summed E-state index contributed by atoms with van der Waals surface area (Å²) in [7, 11) is 0. The Morgan fingerprint density at radius 3 is 2.61 bits per heavy atom. The summed E-state index contributed by atoms with van der Waals surface area (Å²) in [5.41, 5.74) is 0.347. The van der Waals surface area contributed by atoms with Gasteiger partial charge in [-0.1, -0.05) is 56.5 Å². The van der Waals surface area contributed by atoms with Crippen LogP contribution in [0.15, 0.2) is 0 Å². The van der Waals surface area contributed by atoms with Crippen LogP contribution in [0.25, 0.3) is 0 Å². The zero-order valence-electron chi connectivity index (χ0n) is 12.3. The highest BCUT2D eigenvalue weighted by Crippen LogP contribution is 2.40. The molecule has 1 unspecified atom stereocenters. The Morgan fingerprint density at radius 1 is 1.39 bits per heavy atom. The van der Waals surface area contributed by atoms with E-state index in [0.717, 1.165) is 24.7 Å². The predicted molar refractivity (Wildman–Crippen MR) is 80.9 cm³/mol. The molecular formula is C15H28BrNO. The van der Waals surface area contributed by atoms with Gasteiger partial charge in [-0.2, -0.15) is 0 Å². The Morgan fingerprint density at radius 2 is 2.06 bits per heavy atom. The van der Waals surface area contributed by atoms with E-state index in [-0.39, 0.29) is 22.7 Å². The number of amides is 1. The molecule has 1 saturated carbocycles. The number of nitrogens with one attached hydrogen (secondary N) is 1. The molecule has 0 heterocycles.